The van der Waals surface area contributed by atoms with Crippen LogP contribution in [0.15, 0.2) is 12.2 Å². The minimum absolute atomic E-state index is 0.000763. The van der Waals surface area contributed by atoms with Crippen molar-refractivity contribution in [2.45, 2.75) is 44.6 Å². The molecule has 1 aliphatic rings. The maximum atomic E-state index is 11.6. The fourth-order valence-electron chi connectivity index (χ4n) is 1.76. The van der Waals surface area contributed by atoms with E-state index in [4.69, 9.17) is 9.84 Å². The molecule has 0 aromatic carbocycles. The molecule has 0 radical (unpaired) electrons. The first-order valence-corrected chi connectivity index (χ1v) is 6.15. The van der Waals surface area contributed by atoms with E-state index < -0.39 is 24.2 Å². The maximum absolute atomic E-state index is 11.6. The fraction of sp³-hybridized carbons (Fsp3) is 0.667. The Kier molecular flexibility index (Phi) is 5.78. The standard InChI is InChI=1S/C12H20N2O5/c1-7(2)13-12(18)14-9-4-3-8(5-11(16)17)19-10(9)6-15/h3-4,7-10,15H,5-6H2,1-2H3,(H,16,17)(H2,13,14,18)/t8-,9+,10+/m0/s1. The smallest absolute Gasteiger partial charge is 0.315 e. The summed E-state index contributed by atoms with van der Waals surface area (Å²) in [5.74, 6) is -0.977. The molecule has 0 saturated carbocycles. The lowest BCUT2D eigenvalue weighted by atomic mass is 10.1. The topological polar surface area (TPSA) is 108 Å². The predicted octanol–water partition coefficient (Wildman–Crippen LogP) is -0.147. The van der Waals surface area contributed by atoms with Crippen LogP contribution in [0.1, 0.15) is 20.3 Å². The summed E-state index contributed by atoms with van der Waals surface area (Å²) in [6.45, 7) is 3.37. The number of aliphatic carboxylic acids is 1. The molecule has 0 saturated heterocycles. The molecular weight excluding hydrogens is 252 g/mol. The summed E-state index contributed by atoms with van der Waals surface area (Å²) in [5, 5.41) is 23.2. The Hall–Kier alpha value is -1.60. The number of hydrogen-bond donors (Lipinski definition) is 4. The quantitative estimate of drug-likeness (QED) is 0.521. The van der Waals surface area contributed by atoms with E-state index in [9.17, 15) is 14.7 Å². The van der Waals surface area contributed by atoms with Crippen LogP contribution in [0.2, 0.25) is 0 Å². The van der Waals surface area contributed by atoms with Crippen LogP contribution in [0, 0.1) is 0 Å². The van der Waals surface area contributed by atoms with E-state index in [0.29, 0.717) is 0 Å². The molecule has 1 aliphatic heterocycles. The van der Waals surface area contributed by atoms with Crippen LogP contribution in [0.5, 0.6) is 0 Å². The van der Waals surface area contributed by atoms with Crippen LogP contribution in [-0.4, -0.2) is 53.1 Å². The number of carbonyl (C=O) groups excluding carboxylic acids is 1. The molecule has 3 atom stereocenters. The van der Waals surface area contributed by atoms with E-state index in [1.807, 2.05) is 13.8 Å². The molecule has 0 aromatic heterocycles. The molecule has 0 aromatic rings. The Balaban J connectivity index is 2.58. The zero-order chi connectivity index (χ0) is 14.4. The van der Waals surface area contributed by atoms with E-state index in [2.05, 4.69) is 10.6 Å². The second-order valence-corrected chi connectivity index (χ2v) is 4.68. The Morgan fingerprint density at radius 2 is 2.05 bits per heavy atom. The lowest BCUT2D eigenvalue weighted by molar-refractivity contribution is -0.141. The summed E-state index contributed by atoms with van der Waals surface area (Å²) in [6, 6.07) is -0.835. The van der Waals surface area contributed by atoms with Crippen molar-refractivity contribution < 1.29 is 24.5 Å². The summed E-state index contributed by atoms with van der Waals surface area (Å²) >= 11 is 0. The lowest BCUT2D eigenvalue weighted by Crippen LogP contribution is -2.52. The van der Waals surface area contributed by atoms with Gasteiger partial charge in [-0.1, -0.05) is 12.2 Å². The first-order valence-electron chi connectivity index (χ1n) is 6.15. The van der Waals surface area contributed by atoms with Crippen LogP contribution >= 0.6 is 0 Å². The number of rotatable bonds is 5. The van der Waals surface area contributed by atoms with Gasteiger partial charge in [0.15, 0.2) is 0 Å². The highest BCUT2D eigenvalue weighted by Crippen LogP contribution is 2.15. The molecule has 1 rings (SSSR count). The highest BCUT2D eigenvalue weighted by molar-refractivity contribution is 5.74. The Morgan fingerprint density at radius 3 is 2.58 bits per heavy atom. The molecule has 0 unspecified atom stereocenters. The summed E-state index contributed by atoms with van der Waals surface area (Å²) in [7, 11) is 0. The Bertz CT molecular complexity index is 356. The largest absolute Gasteiger partial charge is 0.481 e. The number of hydrogen-bond acceptors (Lipinski definition) is 4. The predicted molar refractivity (Wildman–Crippen MR) is 67.7 cm³/mol. The van der Waals surface area contributed by atoms with Gasteiger partial charge in [-0.2, -0.15) is 0 Å². The van der Waals surface area contributed by atoms with Crippen molar-refractivity contribution in [3.63, 3.8) is 0 Å². The van der Waals surface area contributed by atoms with Gasteiger partial charge in [-0.3, -0.25) is 4.79 Å². The van der Waals surface area contributed by atoms with Gasteiger partial charge >= 0.3 is 12.0 Å². The summed E-state index contributed by atoms with van der Waals surface area (Å²) in [4.78, 5) is 22.1. The summed E-state index contributed by atoms with van der Waals surface area (Å²) in [6.07, 6.45) is 1.84. The minimum atomic E-state index is -0.977. The van der Waals surface area contributed by atoms with Gasteiger partial charge < -0.3 is 25.6 Å². The third kappa shape index (κ3) is 5.27. The SMILES string of the molecule is CC(C)NC(=O)N[C@@H]1C=C[C@@H](CC(=O)O)O[C@@H]1CO. The molecule has 0 fully saturated rings. The molecule has 4 N–H and O–H groups in total. The number of nitrogens with one attached hydrogen (secondary N) is 2. The molecular formula is C12H20N2O5. The van der Waals surface area contributed by atoms with Crippen molar-refractivity contribution in [1.29, 1.82) is 0 Å². The average Bonchev–Trinajstić information content (AvgIpc) is 2.29. The van der Waals surface area contributed by atoms with E-state index in [1.165, 1.54) is 0 Å². The van der Waals surface area contributed by atoms with Crippen molar-refractivity contribution >= 4 is 12.0 Å². The average molecular weight is 272 g/mol. The van der Waals surface area contributed by atoms with Gasteiger partial charge in [0.05, 0.1) is 25.2 Å². The van der Waals surface area contributed by atoms with Crippen LogP contribution < -0.4 is 10.6 Å². The number of amides is 2. The zero-order valence-corrected chi connectivity index (χ0v) is 11.0. The zero-order valence-electron chi connectivity index (χ0n) is 11.0. The number of urea groups is 1. The first kappa shape index (κ1) is 15.5. The molecule has 0 bridgehead atoms. The van der Waals surface area contributed by atoms with Gasteiger partial charge in [0, 0.05) is 6.04 Å². The minimum Gasteiger partial charge on any atom is -0.481 e. The van der Waals surface area contributed by atoms with Gasteiger partial charge in [-0.25, -0.2) is 4.79 Å². The van der Waals surface area contributed by atoms with Gasteiger partial charge in [0.1, 0.15) is 6.10 Å². The van der Waals surface area contributed by atoms with Crippen molar-refractivity contribution in [1.82, 2.24) is 10.6 Å². The second-order valence-electron chi connectivity index (χ2n) is 4.68. The van der Waals surface area contributed by atoms with E-state index in [-0.39, 0.29) is 25.1 Å². The normalized spacial score (nSPS) is 26.2. The fourth-order valence-corrected chi connectivity index (χ4v) is 1.76. The third-order valence-electron chi connectivity index (χ3n) is 2.56. The van der Waals surface area contributed by atoms with Crippen LogP contribution in [0.25, 0.3) is 0 Å². The van der Waals surface area contributed by atoms with Crippen LogP contribution in [0.3, 0.4) is 0 Å². The highest BCUT2D eigenvalue weighted by Gasteiger charge is 2.28. The molecule has 2 amide bonds. The molecule has 7 nitrogen and oxygen atoms in total. The van der Waals surface area contributed by atoms with Crippen LogP contribution in [0.4, 0.5) is 4.79 Å². The molecule has 108 valence electrons. The summed E-state index contributed by atoms with van der Waals surface area (Å²) in [5.41, 5.74) is 0. The number of carboxylic acid groups (broad SMARTS) is 1. The Labute approximate surface area is 111 Å². The van der Waals surface area contributed by atoms with Crippen molar-refractivity contribution in [3.05, 3.63) is 12.2 Å². The molecule has 0 aliphatic carbocycles. The molecule has 19 heavy (non-hydrogen) atoms. The first-order chi connectivity index (χ1) is 8.92. The van der Waals surface area contributed by atoms with Crippen LogP contribution in [-0.2, 0) is 9.53 Å². The van der Waals surface area contributed by atoms with Crippen molar-refractivity contribution in [3.8, 4) is 0 Å². The second kappa shape index (κ2) is 7.10. The van der Waals surface area contributed by atoms with Crippen molar-refractivity contribution in [2.24, 2.45) is 0 Å². The number of aliphatic hydroxyl groups excluding tert-OH is 1. The number of carboxylic acids is 1. The van der Waals surface area contributed by atoms with Gasteiger partial charge in [0.25, 0.3) is 0 Å². The van der Waals surface area contributed by atoms with Gasteiger partial charge in [-0.15, -0.1) is 0 Å². The monoisotopic (exact) mass is 272 g/mol. The highest BCUT2D eigenvalue weighted by atomic mass is 16.5. The Morgan fingerprint density at radius 1 is 1.37 bits per heavy atom. The lowest BCUT2D eigenvalue weighted by Gasteiger charge is -2.31. The molecule has 7 heteroatoms. The molecule has 1 heterocycles. The van der Waals surface area contributed by atoms with Gasteiger partial charge in [-0.05, 0) is 13.8 Å². The number of carbonyl (C=O) groups is 2. The number of ether oxygens (including phenoxy) is 1. The summed E-state index contributed by atoms with van der Waals surface area (Å²) < 4.78 is 5.40. The third-order valence-corrected chi connectivity index (χ3v) is 2.56. The van der Waals surface area contributed by atoms with Crippen molar-refractivity contribution in [2.75, 3.05) is 6.61 Å². The van der Waals surface area contributed by atoms with E-state index in [1.54, 1.807) is 12.2 Å². The van der Waals surface area contributed by atoms with E-state index >= 15 is 0 Å². The number of aliphatic hydroxyl groups is 1. The molecule has 0 spiro atoms. The van der Waals surface area contributed by atoms with Gasteiger partial charge in [0.2, 0.25) is 0 Å². The maximum Gasteiger partial charge on any atom is 0.315 e. The van der Waals surface area contributed by atoms with E-state index in [0.717, 1.165) is 0 Å².